The number of hydrogen-bond acceptors (Lipinski definition) is 4. The molecule has 1 heterocycles. The number of rotatable bonds is 4. The number of Topliss-reactive ketones (excluding diaryl/α,β-unsaturated/α-hetero) is 1. The molecule has 0 bridgehead atoms. The molecule has 134 valence electrons. The molecule has 0 aromatic heterocycles. The summed E-state index contributed by atoms with van der Waals surface area (Å²) in [6, 6.07) is 7.03. The molecule has 1 amide bonds. The molecular weight excluding hydrogens is 328 g/mol. The summed E-state index contributed by atoms with van der Waals surface area (Å²) in [5.74, 6) is 0.0106. The maximum atomic E-state index is 12.6. The van der Waals surface area contributed by atoms with Crippen molar-refractivity contribution in [2.24, 2.45) is 16.6 Å². The van der Waals surface area contributed by atoms with Crippen molar-refractivity contribution in [1.29, 1.82) is 0 Å². The first-order valence-corrected chi connectivity index (χ1v) is 8.03. The number of carbonyl (C=O) groups excluding carboxylic acids is 2. The smallest absolute Gasteiger partial charge is 0.232 e. The first-order valence-electron chi connectivity index (χ1n) is 8.03. The third-order valence-corrected chi connectivity index (χ3v) is 4.41. The fraction of sp³-hybridized carbons (Fsp3) is 0.556. The maximum Gasteiger partial charge on any atom is 0.232 e. The van der Waals surface area contributed by atoms with E-state index in [0.717, 1.165) is 0 Å². The van der Waals surface area contributed by atoms with Gasteiger partial charge in [-0.3, -0.25) is 9.59 Å². The molecule has 1 saturated heterocycles. The monoisotopic (exact) mass is 354 g/mol. The highest BCUT2D eigenvalue weighted by Gasteiger charge is 2.38. The van der Waals surface area contributed by atoms with Gasteiger partial charge in [-0.25, -0.2) is 0 Å². The van der Waals surface area contributed by atoms with Crippen molar-refractivity contribution in [2.45, 2.75) is 33.6 Å². The largest absolute Gasteiger partial charge is 0.381 e. The van der Waals surface area contributed by atoms with Gasteiger partial charge in [-0.15, -0.1) is 12.4 Å². The summed E-state index contributed by atoms with van der Waals surface area (Å²) in [5, 5.41) is 2.92. The van der Waals surface area contributed by atoms with Gasteiger partial charge in [0, 0.05) is 36.4 Å². The number of halogens is 1. The van der Waals surface area contributed by atoms with E-state index in [4.69, 9.17) is 10.5 Å². The van der Waals surface area contributed by atoms with Gasteiger partial charge in [0.1, 0.15) is 0 Å². The fourth-order valence-corrected chi connectivity index (χ4v) is 2.69. The van der Waals surface area contributed by atoms with Gasteiger partial charge in [0.2, 0.25) is 5.91 Å². The summed E-state index contributed by atoms with van der Waals surface area (Å²) in [7, 11) is 0. The van der Waals surface area contributed by atoms with Gasteiger partial charge in [0.15, 0.2) is 5.78 Å². The Balaban J connectivity index is 0.00000288. The van der Waals surface area contributed by atoms with Crippen molar-refractivity contribution < 1.29 is 14.3 Å². The molecule has 0 spiro atoms. The number of anilines is 1. The van der Waals surface area contributed by atoms with Gasteiger partial charge in [-0.05, 0) is 37.1 Å². The Hall–Kier alpha value is -1.43. The molecule has 1 aromatic carbocycles. The zero-order chi connectivity index (χ0) is 17.1. The Morgan fingerprint density at radius 2 is 1.71 bits per heavy atom. The topological polar surface area (TPSA) is 81.4 Å². The third kappa shape index (κ3) is 4.56. The first kappa shape index (κ1) is 20.6. The molecule has 24 heavy (non-hydrogen) atoms. The van der Waals surface area contributed by atoms with E-state index in [1.54, 1.807) is 24.3 Å². The Labute approximate surface area is 149 Å². The van der Waals surface area contributed by atoms with Gasteiger partial charge in [0.05, 0.1) is 5.41 Å². The van der Waals surface area contributed by atoms with Gasteiger partial charge >= 0.3 is 0 Å². The number of hydrogen-bond donors (Lipinski definition) is 2. The summed E-state index contributed by atoms with van der Waals surface area (Å²) in [6.45, 7) is 7.10. The van der Waals surface area contributed by atoms with Crippen LogP contribution in [0.1, 0.15) is 44.0 Å². The highest BCUT2D eigenvalue weighted by Crippen LogP contribution is 2.31. The van der Waals surface area contributed by atoms with Crippen LogP contribution in [-0.4, -0.2) is 31.4 Å². The Morgan fingerprint density at radius 1 is 1.17 bits per heavy atom. The third-order valence-electron chi connectivity index (χ3n) is 4.41. The molecule has 1 aromatic rings. The van der Waals surface area contributed by atoms with E-state index >= 15 is 0 Å². The number of ketones is 1. The van der Waals surface area contributed by atoms with E-state index in [2.05, 4.69) is 5.32 Å². The van der Waals surface area contributed by atoms with Crippen LogP contribution in [0.15, 0.2) is 24.3 Å². The molecule has 0 radical (unpaired) electrons. The second-order valence-electron chi connectivity index (χ2n) is 7.21. The Kier molecular flexibility index (Phi) is 6.96. The number of carbonyl (C=O) groups is 2. The lowest BCUT2D eigenvalue weighted by atomic mass is 9.79. The summed E-state index contributed by atoms with van der Waals surface area (Å²) < 4.78 is 5.33. The van der Waals surface area contributed by atoms with Gasteiger partial charge in [0.25, 0.3) is 0 Å². The highest BCUT2D eigenvalue weighted by molar-refractivity contribution is 6.01. The molecular formula is C18H27ClN2O3. The minimum absolute atomic E-state index is 0. The van der Waals surface area contributed by atoms with Crippen LogP contribution in [0.5, 0.6) is 0 Å². The van der Waals surface area contributed by atoms with Crippen molar-refractivity contribution in [3.63, 3.8) is 0 Å². The second-order valence-corrected chi connectivity index (χ2v) is 7.21. The first-order chi connectivity index (χ1) is 10.8. The normalized spacial score (nSPS) is 16.8. The molecule has 6 heteroatoms. The van der Waals surface area contributed by atoms with Crippen molar-refractivity contribution in [2.75, 3.05) is 25.1 Å². The molecule has 1 fully saturated rings. The standard InChI is InChI=1S/C18H26N2O3.ClH/c1-17(2,3)15(21)13-4-6-14(7-5-13)20-16(22)18(12-19)8-10-23-11-9-18;/h4-7H,8-12,19H2,1-3H3,(H,20,22);1H. The zero-order valence-corrected chi connectivity index (χ0v) is 15.4. The maximum absolute atomic E-state index is 12.6. The average Bonchev–Trinajstić information content (AvgIpc) is 2.54. The SMILES string of the molecule is CC(C)(C)C(=O)c1ccc(NC(=O)C2(CN)CCOCC2)cc1.Cl. The molecule has 5 nitrogen and oxygen atoms in total. The molecule has 0 atom stereocenters. The van der Waals surface area contributed by atoms with Crippen molar-refractivity contribution in [3.8, 4) is 0 Å². The number of benzene rings is 1. The number of ether oxygens (including phenoxy) is 1. The van der Waals surface area contributed by atoms with Crippen LogP contribution >= 0.6 is 12.4 Å². The van der Waals surface area contributed by atoms with Gasteiger partial charge in [-0.2, -0.15) is 0 Å². The Bertz CT molecular complexity index is 573. The molecule has 0 unspecified atom stereocenters. The van der Waals surface area contributed by atoms with Crippen LogP contribution in [0.2, 0.25) is 0 Å². The van der Waals surface area contributed by atoms with E-state index in [9.17, 15) is 9.59 Å². The lowest BCUT2D eigenvalue weighted by Crippen LogP contribution is -2.46. The van der Waals surface area contributed by atoms with Crippen LogP contribution in [0.3, 0.4) is 0 Å². The van der Waals surface area contributed by atoms with E-state index in [1.807, 2.05) is 20.8 Å². The molecule has 3 N–H and O–H groups in total. The molecule has 0 aliphatic carbocycles. The minimum atomic E-state index is -0.557. The summed E-state index contributed by atoms with van der Waals surface area (Å²) in [5.41, 5.74) is 6.19. The van der Waals surface area contributed by atoms with Crippen molar-refractivity contribution >= 4 is 29.8 Å². The average molecular weight is 355 g/mol. The zero-order valence-electron chi connectivity index (χ0n) is 14.6. The summed E-state index contributed by atoms with van der Waals surface area (Å²) >= 11 is 0. The molecule has 1 aliphatic heterocycles. The molecule has 2 rings (SSSR count). The highest BCUT2D eigenvalue weighted by atomic mass is 35.5. The van der Waals surface area contributed by atoms with E-state index in [1.165, 1.54) is 0 Å². The lowest BCUT2D eigenvalue weighted by Gasteiger charge is -2.34. The van der Waals surface area contributed by atoms with Crippen LogP contribution in [0.25, 0.3) is 0 Å². The van der Waals surface area contributed by atoms with Crippen molar-refractivity contribution in [3.05, 3.63) is 29.8 Å². The van der Waals surface area contributed by atoms with Crippen LogP contribution < -0.4 is 11.1 Å². The van der Waals surface area contributed by atoms with Crippen LogP contribution in [0.4, 0.5) is 5.69 Å². The fourth-order valence-electron chi connectivity index (χ4n) is 2.69. The molecule has 0 saturated carbocycles. The predicted octanol–water partition coefficient (Wildman–Crippen LogP) is 3.03. The van der Waals surface area contributed by atoms with E-state index < -0.39 is 10.8 Å². The van der Waals surface area contributed by atoms with Gasteiger partial charge in [-0.1, -0.05) is 20.8 Å². The number of amides is 1. The van der Waals surface area contributed by atoms with Crippen LogP contribution in [0, 0.1) is 10.8 Å². The lowest BCUT2D eigenvalue weighted by molar-refractivity contribution is -0.130. The van der Waals surface area contributed by atoms with Gasteiger partial charge < -0.3 is 15.8 Å². The minimum Gasteiger partial charge on any atom is -0.381 e. The van der Waals surface area contributed by atoms with E-state index in [0.29, 0.717) is 43.9 Å². The summed E-state index contributed by atoms with van der Waals surface area (Å²) in [6.07, 6.45) is 1.27. The van der Waals surface area contributed by atoms with E-state index in [-0.39, 0.29) is 24.1 Å². The summed E-state index contributed by atoms with van der Waals surface area (Å²) in [4.78, 5) is 24.8. The quantitative estimate of drug-likeness (QED) is 0.814. The Morgan fingerprint density at radius 3 is 2.17 bits per heavy atom. The van der Waals surface area contributed by atoms with Crippen molar-refractivity contribution in [1.82, 2.24) is 0 Å². The predicted molar refractivity (Wildman–Crippen MR) is 97.6 cm³/mol. The number of nitrogens with one attached hydrogen (secondary N) is 1. The number of nitrogens with two attached hydrogens (primary N) is 1. The second kappa shape index (κ2) is 8.10. The van der Waals surface area contributed by atoms with Crippen LogP contribution in [-0.2, 0) is 9.53 Å². The molecule has 1 aliphatic rings.